The third-order valence-corrected chi connectivity index (χ3v) is 7.18. The summed E-state index contributed by atoms with van der Waals surface area (Å²) >= 11 is 0. The van der Waals surface area contributed by atoms with E-state index in [1.807, 2.05) is 0 Å². The second kappa shape index (κ2) is 6.87. The minimum absolute atomic E-state index is 0.227. The molecule has 0 aromatic heterocycles. The van der Waals surface area contributed by atoms with Crippen molar-refractivity contribution in [2.24, 2.45) is 0 Å². The summed E-state index contributed by atoms with van der Waals surface area (Å²) in [5, 5.41) is 0. The van der Waals surface area contributed by atoms with Crippen LogP contribution in [-0.4, -0.2) is 49.8 Å². The molecule has 23 heavy (non-hydrogen) atoms. The van der Waals surface area contributed by atoms with Gasteiger partial charge in [-0.25, -0.2) is 12.8 Å². The molecule has 1 heterocycles. The molecule has 2 aliphatic rings. The molecule has 1 aromatic carbocycles. The van der Waals surface area contributed by atoms with E-state index in [4.69, 9.17) is 0 Å². The third kappa shape index (κ3) is 3.59. The van der Waals surface area contributed by atoms with Crippen molar-refractivity contribution in [3.05, 3.63) is 29.6 Å². The van der Waals surface area contributed by atoms with Gasteiger partial charge >= 0.3 is 0 Å². The summed E-state index contributed by atoms with van der Waals surface area (Å²) in [6, 6.07) is 4.51. The van der Waals surface area contributed by atoms with Crippen LogP contribution in [0, 0.1) is 12.7 Å². The zero-order valence-electron chi connectivity index (χ0n) is 13.7. The van der Waals surface area contributed by atoms with Gasteiger partial charge in [-0.15, -0.1) is 0 Å². The molecule has 1 saturated carbocycles. The van der Waals surface area contributed by atoms with Crippen LogP contribution in [0.15, 0.2) is 23.1 Å². The molecular formula is C17H25FN2O2S. The molecule has 1 aliphatic heterocycles. The van der Waals surface area contributed by atoms with Crippen molar-refractivity contribution in [1.82, 2.24) is 9.21 Å². The maximum absolute atomic E-state index is 13.2. The fourth-order valence-electron chi connectivity index (χ4n) is 3.80. The number of benzene rings is 1. The van der Waals surface area contributed by atoms with Crippen LogP contribution in [0.25, 0.3) is 0 Å². The van der Waals surface area contributed by atoms with Gasteiger partial charge in [-0.05, 0) is 43.5 Å². The highest BCUT2D eigenvalue weighted by Gasteiger charge is 2.32. The van der Waals surface area contributed by atoms with E-state index in [2.05, 4.69) is 4.90 Å². The number of halogens is 1. The van der Waals surface area contributed by atoms with E-state index in [1.54, 1.807) is 11.2 Å². The van der Waals surface area contributed by atoms with Gasteiger partial charge in [0.05, 0.1) is 4.90 Å². The van der Waals surface area contributed by atoms with Crippen molar-refractivity contribution in [3.63, 3.8) is 0 Å². The molecule has 0 radical (unpaired) electrons. The zero-order valence-corrected chi connectivity index (χ0v) is 14.5. The Kier molecular flexibility index (Phi) is 5.04. The Labute approximate surface area is 138 Å². The Morgan fingerprint density at radius 2 is 1.70 bits per heavy atom. The lowest BCUT2D eigenvalue weighted by molar-refractivity contribution is 0.111. The van der Waals surface area contributed by atoms with E-state index >= 15 is 0 Å². The Morgan fingerprint density at radius 3 is 2.30 bits per heavy atom. The predicted molar refractivity (Wildman–Crippen MR) is 88.3 cm³/mol. The summed E-state index contributed by atoms with van der Waals surface area (Å²) < 4.78 is 40.3. The zero-order chi connectivity index (χ0) is 16.4. The minimum atomic E-state index is -3.52. The monoisotopic (exact) mass is 340 g/mol. The molecule has 4 nitrogen and oxygen atoms in total. The van der Waals surface area contributed by atoms with Crippen LogP contribution in [0.3, 0.4) is 0 Å². The van der Waals surface area contributed by atoms with Gasteiger partial charge in [-0.3, -0.25) is 4.90 Å². The third-order valence-electron chi connectivity index (χ3n) is 5.12. The van der Waals surface area contributed by atoms with Gasteiger partial charge in [0.2, 0.25) is 10.0 Å². The molecule has 1 aromatic rings. The summed E-state index contributed by atoms with van der Waals surface area (Å²) in [6.07, 6.45) is 6.39. The maximum atomic E-state index is 13.2. The van der Waals surface area contributed by atoms with Crippen LogP contribution in [-0.2, 0) is 10.0 Å². The Balaban J connectivity index is 1.68. The Bertz CT molecular complexity index is 649. The van der Waals surface area contributed by atoms with E-state index < -0.39 is 15.8 Å². The van der Waals surface area contributed by atoms with Gasteiger partial charge in [0.1, 0.15) is 5.82 Å². The normalized spacial score (nSPS) is 22.3. The SMILES string of the molecule is Cc1cc(F)ccc1S(=O)(=O)N1CCN(C2CCCCC2)CC1. The first-order valence-corrected chi connectivity index (χ1v) is 9.93. The quantitative estimate of drug-likeness (QED) is 0.849. The first kappa shape index (κ1) is 16.9. The highest BCUT2D eigenvalue weighted by molar-refractivity contribution is 7.89. The Hall–Kier alpha value is -0.980. The van der Waals surface area contributed by atoms with Gasteiger partial charge in [-0.2, -0.15) is 4.31 Å². The van der Waals surface area contributed by atoms with Gasteiger partial charge in [0.15, 0.2) is 0 Å². The van der Waals surface area contributed by atoms with Crippen molar-refractivity contribution >= 4 is 10.0 Å². The lowest BCUT2D eigenvalue weighted by atomic mass is 9.94. The van der Waals surface area contributed by atoms with Crippen LogP contribution in [0.1, 0.15) is 37.7 Å². The number of hydrogen-bond donors (Lipinski definition) is 0. The van der Waals surface area contributed by atoms with E-state index in [0.29, 0.717) is 24.7 Å². The van der Waals surface area contributed by atoms with Crippen LogP contribution >= 0.6 is 0 Å². The standard InChI is InChI=1S/C17H25FN2O2S/c1-14-13-15(18)7-8-17(14)23(21,22)20-11-9-19(10-12-20)16-5-3-2-4-6-16/h7-8,13,16H,2-6,9-12H2,1H3. The predicted octanol–water partition coefficient (Wildman–Crippen LogP) is 2.77. The fourth-order valence-corrected chi connectivity index (χ4v) is 5.42. The number of piperazine rings is 1. The van der Waals surface area contributed by atoms with Crippen molar-refractivity contribution < 1.29 is 12.8 Å². The molecule has 1 saturated heterocycles. The minimum Gasteiger partial charge on any atom is -0.298 e. The molecule has 0 spiro atoms. The maximum Gasteiger partial charge on any atom is 0.243 e. The molecule has 0 bridgehead atoms. The van der Waals surface area contributed by atoms with Crippen LogP contribution in [0.5, 0.6) is 0 Å². The Morgan fingerprint density at radius 1 is 1.04 bits per heavy atom. The van der Waals surface area contributed by atoms with E-state index in [9.17, 15) is 12.8 Å². The van der Waals surface area contributed by atoms with Gasteiger partial charge in [-0.1, -0.05) is 19.3 Å². The van der Waals surface area contributed by atoms with Gasteiger partial charge in [0.25, 0.3) is 0 Å². The molecule has 1 aliphatic carbocycles. The first-order valence-electron chi connectivity index (χ1n) is 8.49. The average molecular weight is 340 g/mol. The number of sulfonamides is 1. The molecule has 0 N–H and O–H groups in total. The first-order chi connectivity index (χ1) is 11.0. The molecule has 2 fully saturated rings. The van der Waals surface area contributed by atoms with Gasteiger partial charge < -0.3 is 0 Å². The van der Waals surface area contributed by atoms with Crippen molar-refractivity contribution in [2.45, 2.75) is 50.0 Å². The van der Waals surface area contributed by atoms with Crippen molar-refractivity contribution in [1.29, 1.82) is 0 Å². The summed E-state index contributed by atoms with van der Waals surface area (Å²) in [5.41, 5.74) is 0.472. The van der Waals surface area contributed by atoms with E-state index in [0.717, 1.165) is 13.1 Å². The second-order valence-corrected chi connectivity index (χ2v) is 8.55. The smallest absolute Gasteiger partial charge is 0.243 e. The molecule has 0 amide bonds. The summed E-state index contributed by atoms with van der Waals surface area (Å²) in [4.78, 5) is 2.67. The number of nitrogens with zero attached hydrogens (tertiary/aromatic N) is 2. The molecule has 0 atom stereocenters. The molecular weight excluding hydrogens is 315 g/mol. The van der Waals surface area contributed by atoms with Gasteiger partial charge in [0, 0.05) is 32.2 Å². The fraction of sp³-hybridized carbons (Fsp3) is 0.647. The highest BCUT2D eigenvalue weighted by Crippen LogP contribution is 2.26. The number of aryl methyl sites for hydroxylation is 1. The molecule has 3 rings (SSSR count). The van der Waals surface area contributed by atoms with Crippen LogP contribution < -0.4 is 0 Å². The summed E-state index contributed by atoms with van der Waals surface area (Å²) in [6.45, 7) is 4.29. The summed E-state index contributed by atoms with van der Waals surface area (Å²) in [5.74, 6) is -0.399. The van der Waals surface area contributed by atoms with E-state index in [1.165, 1.54) is 50.3 Å². The molecule has 0 unspecified atom stereocenters. The largest absolute Gasteiger partial charge is 0.298 e. The average Bonchev–Trinajstić information content (AvgIpc) is 2.55. The summed E-state index contributed by atoms with van der Waals surface area (Å²) in [7, 11) is -3.52. The van der Waals surface area contributed by atoms with E-state index in [-0.39, 0.29) is 4.90 Å². The lowest BCUT2D eigenvalue weighted by Crippen LogP contribution is -2.52. The highest BCUT2D eigenvalue weighted by atomic mass is 32.2. The molecule has 128 valence electrons. The lowest BCUT2D eigenvalue weighted by Gasteiger charge is -2.40. The number of rotatable bonds is 3. The number of hydrogen-bond acceptors (Lipinski definition) is 3. The van der Waals surface area contributed by atoms with Crippen molar-refractivity contribution in [3.8, 4) is 0 Å². The topological polar surface area (TPSA) is 40.6 Å². The second-order valence-electron chi connectivity index (χ2n) is 6.64. The van der Waals surface area contributed by atoms with Crippen LogP contribution in [0.4, 0.5) is 4.39 Å². The van der Waals surface area contributed by atoms with Crippen molar-refractivity contribution in [2.75, 3.05) is 26.2 Å². The molecule has 6 heteroatoms. The van der Waals surface area contributed by atoms with Crippen LogP contribution in [0.2, 0.25) is 0 Å².